The summed E-state index contributed by atoms with van der Waals surface area (Å²) in [6.45, 7) is 4.54. The van der Waals surface area contributed by atoms with Crippen molar-refractivity contribution in [1.29, 1.82) is 0 Å². The van der Waals surface area contributed by atoms with E-state index >= 15 is 0 Å². The van der Waals surface area contributed by atoms with Crippen LogP contribution in [0.5, 0.6) is 0 Å². The van der Waals surface area contributed by atoms with Crippen LogP contribution in [0, 0.1) is 6.92 Å². The normalized spacial score (nSPS) is 10.0. The zero-order valence-corrected chi connectivity index (χ0v) is 5.02. The second-order valence-corrected chi connectivity index (χ2v) is 1.73. The van der Waals surface area contributed by atoms with Crippen LogP contribution in [0.2, 0.25) is 0 Å². The van der Waals surface area contributed by atoms with Gasteiger partial charge in [0.25, 0.3) is 0 Å². The summed E-state index contributed by atoms with van der Waals surface area (Å²) in [6.07, 6.45) is 3.82. The summed E-state index contributed by atoms with van der Waals surface area (Å²) < 4.78 is 0. The molecule has 0 unspecified atom stereocenters. The van der Waals surface area contributed by atoms with Gasteiger partial charge in [0.15, 0.2) is 0 Å². The van der Waals surface area contributed by atoms with Crippen molar-refractivity contribution in [3.63, 3.8) is 0 Å². The van der Waals surface area contributed by atoms with Crippen molar-refractivity contribution in [2.45, 2.75) is 0 Å². The Labute approximate surface area is 63.9 Å². The summed E-state index contributed by atoms with van der Waals surface area (Å²) in [7, 11) is 4.06. The van der Waals surface area contributed by atoms with Crippen molar-refractivity contribution in [2.24, 2.45) is 0 Å². The predicted molar refractivity (Wildman–Crippen MR) is 40.2 cm³/mol. The third-order valence-corrected chi connectivity index (χ3v) is 0.637. The average molecular weight is 106 g/mol. The number of allylic oxidation sites excluding steroid dienone is 1. The summed E-state index contributed by atoms with van der Waals surface area (Å²) in [5.74, 6) is 0. The summed E-state index contributed by atoms with van der Waals surface area (Å²) in [5, 5.41) is 0. The fourth-order valence-corrected chi connectivity index (χ4v) is 0.285. The molecular weight excluding hydrogens is 93.0 g/mol. The van der Waals surface area contributed by atoms with Gasteiger partial charge >= 0.3 is 18.9 Å². The van der Waals surface area contributed by atoms with E-state index in [0.29, 0.717) is 0 Å². The van der Waals surface area contributed by atoms with Gasteiger partial charge in [0.05, 0.1) is 0 Å². The predicted octanol–water partition coefficient (Wildman–Crippen LogP) is 0.290. The molecule has 0 aliphatic rings. The average Bonchev–Trinajstić information content (AvgIpc) is 1.61. The van der Waals surface area contributed by atoms with E-state index in [0.717, 1.165) is 6.54 Å². The molecule has 0 saturated heterocycles. The third kappa shape index (κ3) is 9.57. The Morgan fingerprint density at radius 1 is 1.50 bits per heavy atom. The van der Waals surface area contributed by atoms with E-state index < -0.39 is 0 Å². The molecule has 0 heterocycles. The molecule has 1 nitrogen and oxygen atoms in total. The molecule has 0 N–H and O–H groups in total. The molecule has 0 aromatic heterocycles. The van der Waals surface area contributed by atoms with Gasteiger partial charge in [0.1, 0.15) is 0 Å². The van der Waals surface area contributed by atoms with Gasteiger partial charge in [-0.25, -0.2) is 0 Å². The molecule has 1 radical (unpaired) electrons. The van der Waals surface area contributed by atoms with E-state index in [2.05, 4.69) is 11.8 Å². The van der Waals surface area contributed by atoms with E-state index in [1.807, 2.05) is 20.2 Å². The minimum atomic E-state index is 0. The third-order valence-electron chi connectivity index (χ3n) is 0.637. The van der Waals surface area contributed by atoms with Crippen molar-refractivity contribution in [1.82, 2.24) is 4.90 Å². The Bertz CT molecular complexity index is 59.5. The first-order chi connectivity index (χ1) is 3.27. The summed E-state index contributed by atoms with van der Waals surface area (Å²) in [6, 6.07) is 0. The first kappa shape index (κ1) is 11.1. The molecule has 0 aliphatic heterocycles. The Morgan fingerprint density at radius 2 is 2.00 bits per heavy atom. The SMILES string of the molecule is [CH2]C=CCN(C)C.[LiH]. The number of hydrogen-bond acceptors (Lipinski definition) is 1. The van der Waals surface area contributed by atoms with Gasteiger partial charge in [0.2, 0.25) is 0 Å². The molecule has 43 valence electrons. The van der Waals surface area contributed by atoms with Gasteiger partial charge in [-0.1, -0.05) is 12.2 Å². The van der Waals surface area contributed by atoms with Gasteiger partial charge in [0, 0.05) is 6.54 Å². The Hall–Kier alpha value is 0.297. The molecule has 0 rings (SSSR count). The topological polar surface area (TPSA) is 3.24 Å². The molecule has 0 spiro atoms. The monoisotopic (exact) mass is 106 g/mol. The Kier molecular flexibility index (Phi) is 10.2. The van der Waals surface area contributed by atoms with E-state index in [4.69, 9.17) is 0 Å². The number of hydrogen-bond donors (Lipinski definition) is 0. The molecule has 0 bridgehead atoms. The van der Waals surface area contributed by atoms with E-state index in [9.17, 15) is 0 Å². The maximum absolute atomic E-state index is 3.55. The second kappa shape index (κ2) is 7.30. The Balaban J connectivity index is 0. The first-order valence-electron chi connectivity index (χ1n) is 2.36. The van der Waals surface area contributed by atoms with Gasteiger partial charge in [-0.2, -0.15) is 0 Å². The van der Waals surface area contributed by atoms with Crippen molar-refractivity contribution in [2.75, 3.05) is 20.6 Å². The van der Waals surface area contributed by atoms with Crippen molar-refractivity contribution >= 4 is 18.9 Å². The number of nitrogens with zero attached hydrogens (tertiary/aromatic N) is 1. The Morgan fingerprint density at radius 3 is 2.12 bits per heavy atom. The van der Waals surface area contributed by atoms with Gasteiger partial charge in [-0.15, -0.1) is 0 Å². The van der Waals surface area contributed by atoms with Gasteiger partial charge < -0.3 is 4.90 Å². The standard InChI is InChI=1S/C6H12N.Li.H/c1-4-5-6-7(2)3;;/h4-5H,1,6H2,2-3H3;;. The van der Waals surface area contributed by atoms with Crippen LogP contribution in [0.3, 0.4) is 0 Å². The zero-order chi connectivity index (χ0) is 5.70. The first-order valence-corrected chi connectivity index (χ1v) is 2.36. The van der Waals surface area contributed by atoms with Crippen LogP contribution in [-0.4, -0.2) is 44.4 Å². The second-order valence-electron chi connectivity index (χ2n) is 1.73. The van der Waals surface area contributed by atoms with E-state index in [-0.39, 0.29) is 18.9 Å². The molecule has 0 fully saturated rings. The van der Waals surface area contributed by atoms with Gasteiger partial charge in [-0.3, -0.25) is 0 Å². The van der Waals surface area contributed by atoms with Crippen molar-refractivity contribution < 1.29 is 0 Å². The summed E-state index contributed by atoms with van der Waals surface area (Å²) in [5.41, 5.74) is 0. The van der Waals surface area contributed by atoms with Crippen LogP contribution < -0.4 is 0 Å². The van der Waals surface area contributed by atoms with Crippen LogP contribution >= 0.6 is 0 Å². The zero-order valence-electron chi connectivity index (χ0n) is 5.02. The molecule has 8 heavy (non-hydrogen) atoms. The van der Waals surface area contributed by atoms with E-state index in [1.54, 1.807) is 6.08 Å². The molecular formula is C6H13LiN. The van der Waals surface area contributed by atoms with Crippen LogP contribution in [0.4, 0.5) is 0 Å². The van der Waals surface area contributed by atoms with Crippen LogP contribution in [0.25, 0.3) is 0 Å². The molecule has 0 amide bonds. The molecule has 0 aromatic carbocycles. The molecule has 0 aliphatic carbocycles. The summed E-state index contributed by atoms with van der Waals surface area (Å²) >= 11 is 0. The number of likely N-dealkylation sites (N-methyl/N-ethyl adjacent to an activating group) is 1. The van der Waals surface area contributed by atoms with Gasteiger partial charge in [-0.05, 0) is 21.0 Å². The maximum atomic E-state index is 3.55. The molecule has 2 heteroatoms. The van der Waals surface area contributed by atoms with Crippen molar-refractivity contribution in [3.8, 4) is 0 Å². The van der Waals surface area contributed by atoms with Crippen LogP contribution in [0.15, 0.2) is 12.2 Å². The number of rotatable bonds is 2. The minimum absolute atomic E-state index is 0. The fourth-order valence-electron chi connectivity index (χ4n) is 0.285. The van der Waals surface area contributed by atoms with Crippen molar-refractivity contribution in [3.05, 3.63) is 19.1 Å². The molecule has 0 atom stereocenters. The van der Waals surface area contributed by atoms with Crippen LogP contribution in [0.1, 0.15) is 0 Å². The molecule has 0 aromatic rings. The van der Waals surface area contributed by atoms with Crippen LogP contribution in [-0.2, 0) is 0 Å². The molecule has 0 saturated carbocycles. The quantitative estimate of drug-likeness (QED) is 0.457. The van der Waals surface area contributed by atoms with E-state index in [1.165, 1.54) is 0 Å². The summed E-state index contributed by atoms with van der Waals surface area (Å²) in [4.78, 5) is 2.08. The fraction of sp³-hybridized carbons (Fsp3) is 0.500.